The van der Waals surface area contributed by atoms with Gasteiger partial charge in [-0.2, -0.15) is 5.10 Å². The molecule has 0 aliphatic carbocycles. The lowest BCUT2D eigenvalue weighted by molar-refractivity contribution is 0.0240. The van der Waals surface area contributed by atoms with Crippen molar-refractivity contribution in [2.75, 3.05) is 31.1 Å². The summed E-state index contributed by atoms with van der Waals surface area (Å²) in [6.45, 7) is 8.65. The number of rotatable bonds is 2. The Labute approximate surface area is 149 Å². The molecule has 1 aromatic carbocycles. The predicted octanol–water partition coefficient (Wildman–Crippen LogP) is 3.14. The first-order valence-electron chi connectivity index (χ1n) is 8.65. The van der Waals surface area contributed by atoms with Crippen LogP contribution in [0.25, 0.3) is 11.3 Å². The molecular weight excluding hydrogens is 316 g/mol. The monoisotopic (exact) mass is 342 g/mol. The molecule has 25 heavy (non-hydrogen) atoms. The van der Waals surface area contributed by atoms with Gasteiger partial charge in [-0.3, -0.25) is 4.68 Å². The van der Waals surface area contributed by atoms with Crippen LogP contribution in [0.3, 0.4) is 0 Å². The van der Waals surface area contributed by atoms with Gasteiger partial charge in [-0.25, -0.2) is 4.79 Å². The number of carbonyl (C=O) groups is 1. The summed E-state index contributed by atoms with van der Waals surface area (Å²) in [5, 5.41) is 4.43. The Bertz CT molecular complexity index is 723. The maximum absolute atomic E-state index is 12.1. The standard InChI is InChI=1S/C19H26N4O2/c1-19(2,3)25-18(24)23-13-11-22(12-14-23)16-7-5-15(6-8-16)17-9-10-21(4)20-17/h5-10H,11-14H2,1-4H3. The second kappa shape index (κ2) is 6.78. The summed E-state index contributed by atoms with van der Waals surface area (Å²) < 4.78 is 7.25. The largest absolute Gasteiger partial charge is 0.444 e. The third-order valence-corrected chi connectivity index (χ3v) is 4.17. The Morgan fingerprint density at radius 3 is 2.20 bits per heavy atom. The number of amides is 1. The minimum Gasteiger partial charge on any atom is -0.444 e. The van der Waals surface area contributed by atoms with Crippen molar-refractivity contribution >= 4 is 11.8 Å². The number of benzene rings is 1. The van der Waals surface area contributed by atoms with Crippen molar-refractivity contribution in [2.24, 2.45) is 7.05 Å². The van der Waals surface area contributed by atoms with E-state index in [-0.39, 0.29) is 6.09 Å². The number of piperazine rings is 1. The minimum absolute atomic E-state index is 0.224. The molecule has 0 unspecified atom stereocenters. The fourth-order valence-corrected chi connectivity index (χ4v) is 2.89. The highest BCUT2D eigenvalue weighted by molar-refractivity contribution is 5.69. The van der Waals surface area contributed by atoms with Gasteiger partial charge in [-0.05, 0) is 39.0 Å². The SMILES string of the molecule is Cn1ccc(-c2ccc(N3CCN(C(=O)OC(C)(C)C)CC3)cc2)n1. The second-order valence-corrected chi connectivity index (χ2v) is 7.38. The maximum Gasteiger partial charge on any atom is 0.410 e. The summed E-state index contributed by atoms with van der Waals surface area (Å²) in [5.74, 6) is 0. The molecule has 0 atom stereocenters. The quantitative estimate of drug-likeness (QED) is 0.841. The van der Waals surface area contributed by atoms with Gasteiger partial charge in [0.1, 0.15) is 5.60 Å². The highest BCUT2D eigenvalue weighted by atomic mass is 16.6. The molecule has 1 amide bonds. The van der Waals surface area contributed by atoms with Gasteiger partial charge >= 0.3 is 6.09 Å². The van der Waals surface area contributed by atoms with E-state index in [0.717, 1.165) is 24.3 Å². The number of hydrogen-bond acceptors (Lipinski definition) is 4. The van der Waals surface area contributed by atoms with Crippen LogP contribution in [-0.4, -0.2) is 52.6 Å². The number of carbonyl (C=O) groups excluding carboxylic acids is 1. The number of hydrogen-bond donors (Lipinski definition) is 0. The number of nitrogens with zero attached hydrogens (tertiary/aromatic N) is 4. The van der Waals surface area contributed by atoms with Crippen molar-refractivity contribution < 1.29 is 9.53 Å². The van der Waals surface area contributed by atoms with Crippen LogP contribution >= 0.6 is 0 Å². The Balaban J connectivity index is 1.59. The molecule has 6 heteroatoms. The Hall–Kier alpha value is -2.50. The zero-order valence-corrected chi connectivity index (χ0v) is 15.4. The van der Waals surface area contributed by atoms with Crippen LogP contribution in [0.5, 0.6) is 0 Å². The van der Waals surface area contributed by atoms with Gasteiger partial charge < -0.3 is 14.5 Å². The predicted molar refractivity (Wildman–Crippen MR) is 98.7 cm³/mol. The lowest BCUT2D eigenvalue weighted by Crippen LogP contribution is -2.50. The summed E-state index contributed by atoms with van der Waals surface area (Å²) in [6.07, 6.45) is 1.72. The van der Waals surface area contributed by atoms with Gasteiger partial charge in [-0.1, -0.05) is 12.1 Å². The van der Waals surface area contributed by atoms with E-state index in [0.29, 0.717) is 13.1 Å². The minimum atomic E-state index is -0.449. The molecule has 1 saturated heterocycles. The molecule has 1 aliphatic rings. The van der Waals surface area contributed by atoms with Gasteiger partial charge in [0.05, 0.1) is 5.69 Å². The van der Waals surface area contributed by atoms with E-state index >= 15 is 0 Å². The van der Waals surface area contributed by atoms with E-state index in [2.05, 4.69) is 34.3 Å². The normalized spacial score (nSPS) is 15.4. The average Bonchev–Trinajstić information content (AvgIpc) is 3.00. The fraction of sp³-hybridized carbons (Fsp3) is 0.474. The number of ether oxygens (including phenoxy) is 1. The molecule has 1 aromatic heterocycles. The van der Waals surface area contributed by atoms with Crippen molar-refractivity contribution in [3.05, 3.63) is 36.5 Å². The first-order valence-corrected chi connectivity index (χ1v) is 8.65. The van der Waals surface area contributed by atoms with Crippen LogP contribution in [0, 0.1) is 0 Å². The highest BCUT2D eigenvalue weighted by Crippen LogP contribution is 2.23. The number of anilines is 1. The number of aromatic nitrogens is 2. The van der Waals surface area contributed by atoms with E-state index in [1.54, 1.807) is 9.58 Å². The molecule has 134 valence electrons. The second-order valence-electron chi connectivity index (χ2n) is 7.38. The van der Waals surface area contributed by atoms with Crippen LogP contribution in [0.4, 0.5) is 10.5 Å². The molecule has 1 aliphatic heterocycles. The Morgan fingerprint density at radius 2 is 1.68 bits per heavy atom. The molecule has 2 heterocycles. The van der Waals surface area contributed by atoms with Gasteiger partial charge in [-0.15, -0.1) is 0 Å². The van der Waals surface area contributed by atoms with Crippen LogP contribution in [0.1, 0.15) is 20.8 Å². The third kappa shape index (κ3) is 4.32. The summed E-state index contributed by atoms with van der Waals surface area (Å²) in [6, 6.07) is 10.4. The molecule has 0 radical (unpaired) electrons. The van der Waals surface area contributed by atoms with Gasteiger partial charge in [0.15, 0.2) is 0 Å². The first kappa shape index (κ1) is 17.3. The molecule has 0 saturated carbocycles. The van der Waals surface area contributed by atoms with Crippen molar-refractivity contribution in [3.8, 4) is 11.3 Å². The summed E-state index contributed by atoms with van der Waals surface area (Å²) in [7, 11) is 1.92. The maximum atomic E-state index is 12.1. The lowest BCUT2D eigenvalue weighted by Gasteiger charge is -2.36. The average molecular weight is 342 g/mol. The molecule has 3 rings (SSSR count). The molecular formula is C19H26N4O2. The smallest absolute Gasteiger partial charge is 0.410 e. The van der Waals surface area contributed by atoms with E-state index < -0.39 is 5.60 Å². The molecule has 2 aromatic rings. The number of aryl methyl sites for hydroxylation is 1. The van der Waals surface area contributed by atoms with Gasteiger partial charge in [0, 0.05) is 50.7 Å². The first-order chi connectivity index (χ1) is 11.8. The Kier molecular flexibility index (Phi) is 4.70. The van der Waals surface area contributed by atoms with Gasteiger partial charge in [0.2, 0.25) is 0 Å². The third-order valence-electron chi connectivity index (χ3n) is 4.17. The summed E-state index contributed by atoms with van der Waals surface area (Å²) in [4.78, 5) is 16.2. The molecule has 1 fully saturated rings. The summed E-state index contributed by atoms with van der Waals surface area (Å²) >= 11 is 0. The van der Waals surface area contributed by atoms with Gasteiger partial charge in [0.25, 0.3) is 0 Å². The van der Waals surface area contributed by atoms with E-state index in [9.17, 15) is 4.79 Å². The van der Waals surface area contributed by atoms with Crippen LogP contribution in [0.2, 0.25) is 0 Å². The van der Waals surface area contributed by atoms with Crippen molar-refractivity contribution in [2.45, 2.75) is 26.4 Å². The van der Waals surface area contributed by atoms with Crippen LogP contribution in [0.15, 0.2) is 36.5 Å². The molecule has 0 spiro atoms. The molecule has 0 bridgehead atoms. The zero-order valence-electron chi connectivity index (χ0n) is 15.4. The van der Waals surface area contributed by atoms with Crippen molar-refractivity contribution in [1.82, 2.24) is 14.7 Å². The van der Waals surface area contributed by atoms with Crippen LogP contribution < -0.4 is 4.90 Å². The van der Waals surface area contributed by atoms with E-state index in [4.69, 9.17) is 4.74 Å². The van der Waals surface area contributed by atoms with E-state index in [1.165, 1.54) is 5.69 Å². The van der Waals surface area contributed by atoms with Crippen molar-refractivity contribution in [1.29, 1.82) is 0 Å². The summed E-state index contributed by atoms with van der Waals surface area (Å²) in [5.41, 5.74) is 2.80. The van der Waals surface area contributed by atoms with E-state index in [1.807, 2.05) is 40.1 Å². The van der Waals surface area contributed by atoms with Crippen molar-refractivity contribution in [3.63, 3.8) is 0 Å². The molecule has 0 N–H and O–H groups in total. The molecule has 6 nitrogen and oxygen atoms in total. The topological polar surface area (TPSA) is 50.6 Å². The zero-order chi connectivity index (χ0) is 18.0. The van der Waals surface area contributed by atoms with Crippen LogP contribution in [-0.2, 0) is 11.8 Å². The highest BCUT2D eigenvalue weighted by Gasteiger charge is 2.25. The fourth-order valence-electron chi connectivity index (χ4n) is 2.89. The Morgan fingerprint density at radius 1 is 1.04 bits per heavy atom. The lowest BCUT2D eigenvalue weighted by atomic mass is 10.1.